The Morgan fingerprint density at radius 3 is 2.17 bits per heavy atom. The molecule has 0 unspecified atom stereocenters. The maximum absolute atomic E-state index is 10.9. The first-order chi connectivity index (χ1) is 5.59. The molecule has 0 amide bonds. The molecule has 0 atom stereocenters. The Morgan fingerprint density at radius 2 is 1.75 bits per heavy atom. The van der Waals surface area contributed by atoms with Crippen LogP contribution >= 0.6 is 0 Å². The molecule has 4 heteroatoms. The number of rotatable bonds is 6. The molecule has 68 valence electrons. The van der Waals surface area contributed by atoms with Crippen LogP contribution in [0.2, 0.25) is 0 Å². The number of ketones is 2. The maximum Gasteiger partial charge on any atom is 0.257 e. The highest BCUT2D eigenvalue weighted by Gasteiger charge is 2.16. The molecule has 0 aliphatic rings. The number of unbranched alkanes of at least 4 members (excludes halogenated alkanes) is 2. The highest BCUT2D eigenvalue weighted by atomic mass is 28.1. The highest BCUT2D eigenvalue weighted by molar-refractivity contribution is 6.87. The lowest BCUT2D eigenvalue weighted by Crippen LogP contribution is -2.23. The van der Waals surface area contributed by atoms with Gasteiger partial charge >= 0.3 is 0 Å². The third kappa shape index (κ3) is 4.18. The third-order valence-electron chi connectivity index (χ3n) is 1.58. The smallest absolute Gasteiger partial charge is 0.257 e. The van der Waals surface area contributed by atoms with Gasteiger partial charge in [-0.3, -0.25) is 14.4 Å². The van der Waals surface area contributed by atoms with E-state index in [1.165, 1.54) is 0 Å². The Labute approximate surface area is 74.9 Å². The molecule has 3 nitrogen and oxygen atoms in total. The molecule has 0 aliphatic heterocycles. The van der Waals surface area contributed by atoms with E-state index in [-0.39, 0.29) is 16.7 Å². The second-order valence-corrected chi connectivity index (χ2v) is 3.67. The largest absolute Gasteiger partial charge is 0.297 e. The first kappa shape index (κ1) is 11.2. The summed E-state index contributed by atoms with van der Waals surface area (Å²) in [5.41, 5.74) is 0. The molecule has 0 aromatic rings. The lowest BCUT2D eigenvalue weighted by molar-refractivity contribution is -0.141. The monoisotopic (exact) mass is 186 g/mol. The van der Waals surface area contributed by atoms with Gasteiger partial charge in [-0.15, -0.1) is 0 Å². The Morgan fingerprint density at radius 1 is 1.17 bits per heavy atom. The van der Waals surface area contributed by atoms with Crippen LogP contribution in [0.4, 0.5) is 0 Å². The Balaban J connectivity index is 3.73. The van der Waals surface area contributed by atoms with Crippen LogP contribution in [0.1, 0.15) is 32.6 Å². The summed E-state index contributed by atoms with van der Waals surface area (Å²) in [6.07, 6.45) is 2.90. The first-order valence-corrected chi connectivity index (χ1v) is 5.17. The molecule has 0 aliphatic carbocycles. The van der Waals surface area contributed by atoms with E-state index in [1.807, 2.05) is 6.92 Å². The third-order valence-corrected chi connectivity index (χ3v) is 2.03. The zero-order valence-corrected chi connectivity index (χ0v) is 9.55. The van der Waals surface area contributed by atoms with Crippen LogP contribution in [0.3, 0.4) is 0 Å². The van der Waals surface area contributed by atoms with Crippen LogP contribution in [0.15, 0.2) is 0 Å². The molecule has 0 fully saturated rings. The van der Waals surface area contributed by atoms with Gasteiger partial charge in [-0.05, 0) is 6.42 Å². The van der Waals surface area contributed by atoms with Gasteiger partial charge < -0.3 is 0 Å². The van der Waals surface area contributed by atoms with Crippen LogP contribution in [-0.2, 0) is 14.4 Å². The molecule has 12 heavy (non-hydrogen) atoms. The standard InChI is InChI=1S/C8H14O3Si/c1-2-3-4-5-6(9)7(10)8(11)12/h2-5H2,1,12H3. The van der Waals surface area contributed by atoms with Crippen molar-refractivity contribution in [3.63, 3.8) is 0 Å². The van der Waals surface area contributed by atoms with Crippen molar-refractivity contribution in [3.05, 3.63) is 0 Å². The molecule has 0 radical (unpaired) electrons. The summed E-state index contributed by atoms with van der Waals surface area (Å²) in [6, 6.07) is 0. The molecular weight excluding hydrogens is 172 g/mol. The van der Waals surface area contributed by atoms with Gasteiger partial charge in [0.25, 0.3) is 5.78 Å². The Kier molecular flexibility index (Phi) is 5.45. The van der Waals surface area contributed by atoms with E-state index in [0.29, 0.717) is 0 Å². The zero-order chi connectivity index (χ0) is 9.56. The number of hydrogen-bond acceptors (Lipinski definition) is 3. The minimum atomic E-state index is -0.794. The Bertz CT molecular complexity index is 198. The fraction of sp³-hybridized carbons (Fsp3) is 0.625. The maximum atomic E-state index is 10.9. The minimum Gasteiger partial charge on any atom is -0.297 e. The zero-order valence-electron chi connectivity index (χ0n) is 7.55. The summed E-state index contributed by atoms with van der Waals surface area (Å²) >= 11 is 0. The van der Waals surface area contributed by atoms with Crippen LogP contribution in [-0.4, -0.2) is 27.2 Å². The van der Waals surface area contributed by atoms with Crippen molar-refractivity contribution in [3.8, 4) is 0 Å². The number of hydrogen-bond donors (Lipinski definition) is 0. The normalized spacial score (nSPS) is 9.75. The second-order valence-electron chi connectivity index (χ2n) is 2.77. The van der Waals surface area contributed by atoms with Gasteiger partial charge in [0.05, 0.1) is 10.2 Å². The van der Waals surface area contributed by atoms with Gasteiger partial charge in [-0.2, -0.15) is 0 Å². The average molecular weight is 186 g/mol. The van der Waals surface area contributed by atoms with Crippen molar-refractivity contribution in [2.75, 3.05) is 0 Å². The quantitative estimate of drug-likeness (QED) is 0.245. The topological polar surface area (TPSA) is 51.2 Å². The van der Waals surface area contributed by atoms with E-state index in [9.17, 15) is 14.4 Å². The van der Waals surface area contributed by atoms with Crippen molar-refractivity contribution in [1.82, 2.24) is 0 Å². The number of carbonyl (C=O) groups is 3. The molecule has 0 bridgehead atoms. The highest BCUT2D eigenvalue weighted by Crippen LogP contribution is 1.99. The number of carbonyl (C=O) groups excluding carboxylic acids is 3. The minimum absolute atomic E-state index is 0.151. The van der Waals surface area contributed by atoms with Crippen molar-refractivity contribution in [2.45, 2.75) is 32.6 Å². The van der Waals surface area contributed by atoms with E-state index in [0.717, 1.165) is 19.3 Å². The first-order valence-electron chi connectivity index (χ1n) is 4.17. The van der Waals surface area contributed by atoms with Gasteiger partial charge in [0.1, 0.15) is 0 Å². The van der Waals surface area contributed by atoms with E-state index in [4.69, 9.17) is 0 Å². The van der Waals surface area contributed by atoms with Gasteiger partial charge in [-0.25, -0.2) is 0 Å². The summed E-state index contributed by atoms with van der Waals surface area (Å²) < 4.78 is 0. The van der Waals surface area contributed by atoms with E-state index < -0.39 is 17.0 Å². The van der Waals surface area contributed by atoms with Crippen molar-refractivity contribution in [1.29, 1.82) is 0 Å². The lowest BCUT2D eigenvalue weighted by atomic mass is 10.1. The predicted molar refractivity (Wildman–Crippen MR) is 49.1 cm³/mol. The fourth-order valence-electron chi connectivity index (χ4n) is 0.845. The molecule has 0 saturated carbocycles. The molecule has 0 rings (SSSR count). The lowest BCUT2D eigenvalue weighted by Gasteiger charge is -1.95. The summed E-state index contributed by atoms with van der Waals surface area (Å²) in [5.74, 6) is -1.30. The van der Waals surface area contributed by atoms with Gasteiger partial charge in [-0.1, -0.05) is 19.8 Å². The van der Waals surface area contributed by atoms with E-state index in [2.05, 4.69) is 0 Å². The van der Waals surface area contributed by atoms with Crippen LogP contribution in [0.25, 0.3) is 0 Å². The summed E-state index contributed by atoms with van der Waals surface area (Å²) in [6.45, 7) is 2.02. The Hall–Kier alpha value is -0.773. The van der Waals surface area contributed by atoms with Gasteiger partial charge in [0.15, 0.2) is 5.41 Å². The van der Waals surface area contributed by atoms with E-state index >= 15 is 0 Å². The average Bonchev–Trinajstić information content (AvgIpc) is 2.03. The summed E-state index contributed by atoms with van der Waals surface area (Å²) in [5, 5.41) is -0.517. The van der Waals surface area contributed by atoms with Crippen molar-refractivity contribution >= 4 is 27.2 Å². The van der Waals surface area contributed by atoms with E-state index in [1.54, 1.807) is 0 Å². The van der Waals surface area contributed by atoms with Crippen molar-refractivity contribution < 1.29 is 14.4 Å². The molecule has 0 heterocycles. The second kappa shape index (κ2) is 5.82. The van der Waals surface area contributed by atoms with Crippen molar-refractivity contribution in [2.24, 2.45) is 0 Å². The molecule has 0 N–H and O–H groups in total. The summed E-state index contributed by atoms with van der Waals surface area (Å²) in [7, 11) is 0.151. The molecule has 0 saturated heterocycles. The van der Waals surface area contributed by atoms with Crippen LogP contribution in [0, 0.1) is 0 Å². The fourth-order valence-corrected chi connectivity index (χ4v) is 1.12. The number of Topliss-reactive ketones (excluding diaryl/α,β-unsaturated/α-hetero) is 2. The molecule has 0 aromatic carbocycles. The molecular formula is C8H14O3Si. The molecule has 0 spiro atoms. The predicted octanol–water partition coefficient (Wildman–Crippen LogP) is -0.403. The van der Waals surface area contributed by atoms with Gasteiger partial charge in [0, 0.05) is 6.42 Å². The SMILES string of the molecule is CCCCCC(=O)C(=O)C(=O)[SiH3]. The van der Waals surface area contributed by atoms with Crippen LogP contribution in [0.5, 0.6) is 0 Å². The summed E-state index contributed by atoms with van der Waals surface area (Å²) in [4.78, 5) is 32.2. The van der Waals surface area contributed by atoms with Gasteiger partial charge in [0.2, 0.25) is 5.78 Å². The molecule has 0 aromatic heterocycles. The van der Waals surface area contributed by atoms with Crippen LogP contribution < -0.4 is 0 Å².